The number of benzene rings is 1. The van der Waals surface area contributed by atoms with Gasteiger partial charge in [0.1, 0.15) is 11.3 Å². The molecule has 1 aromatic heterocycles. The molecular formula is C12H15F2N3O. The average molecular weight is 255 g/mol. The van der Waals surface area contributed by atoms with Crippen molar-refractivity contribution >= 4 is 17.0 Å². The van der Waals surface area contributed by atoms with Crippen LogP contribution < -0.4 is 10.5 Å². The van der Waals surface area contributed by atoms with Crippen LogP contribution in [-0.4, -0.2) is 22.1 Å². The third kappa shape index (κ3) is 2.37. The Morgan fingerprint density at radius 1 is 1.39 bits per heavy atom. The Balaban J connectivity index is 2.52. The van der Waals surface area contributed by atoms with Gasteiger partial charge in [-0.3, -0.25) is 0 Å². The Hall–Kier alpha value is -1.85. The van der Waals surface area contributed by atoms with Crippen LogP contribution in [0.25, 0.3) is 11.0 Å². The highest BCUT2D eigenvalue weighted by Crippen LogP contribution is 2.28. The molecular weight excluding hydrogens is 240 g/mol. The third-order valence-electron chi connectivity index (χ3n) is 2.45. The number of aromatic nitrogens is 2. The van der Waals surface area contributed by atoms with Crippen LogP contribution in [0.2, 0.25) is 0 Å². The van der Waals surface area contributed by atoms with Crippen molar-refractivity contribution in [3.8, 4) is 5.75 Å². The van der Waals surface area contributed by atoms with E-state index in [0.717, 1.165) is 0 Å². The second-order valence-corrected chi connectivity index (χ2v) is 4.26. The molecule has 2 rings (SSSR count). The van der Waals surface area contributed by atoms with Crippen molar-refractivity contribution < 1.29 is 13.5 Å². The maximum Gasteiger partial charge on any atom is 0.256 e. The van der Waals surface area contributed by atoms with Gasteiger partial charge in [-0.15, -0.1) is 0 Å². The lowest BCUT2D eigenvalue weighted by Gasteiger charge is -2.10. The maximum absolute atomic E-state index is 12.5. The lowest BCUT2D eigenvalue weighted by Crippen LogP contribution is -2.09. The molecule has 0 atom stereocenters. The van der Waals surface area contributed by atoms with Crippen LogP contribution in [0.4, 0.5) is 14.7 Å². The summed E-state index contributed by atoms with van der Waals surface area (Å²) in [5.74, 6) is 0.632. The molecule has 2 N–H and O–H groups in total. The summed E-state index contributed by atoms with van der Waals surface area (Å²) in [6.07, 6.45) is -2.49. The molecule has 18 heavy (non-hydrogen) atoms. The topological polar surface area (TPSA) is 53.1 Å². The zero-order valence-electron chi connectivity index (χ0n) is 10.2. The van der Waals surface area contributed by atoms with Crippen LogP contribution >= 0.6 is 0 Å². The maximum atomic E-state index is 12.5. The molecule has 1 aromatic carbocycles. The third-order valence-corrected chi connectivity index (χ3v) is 2.45. The molecule has 0 bridgehead atoms. The zero-order valence-corrected chi connectivity index (χ0v) is 10.2. The summed E-state index contributed by atoms with van der Waals surface area (Å²) in [5, 5.41) is 0. The second kappa shape index (κ2) is 4.80. The number of halogens is 2. The number of nitrogens with two attached hydrogens (primary N) is 1. The van der Waals surface area contributed by atoms with Gasteiger partial charge in [0.25, 0.3) is 6.43 Å². The van der Waals surface area contributed by atoms with Crippen molar-refractivity contribution in [2.24, 2.45) is 0 Å². The van der Waals surface area contributed by atoms with Crippen molar-refractivity contribution in [3.05, 3.63) is 18.2 Å². The highest BCUT2D eigenvalue weighted by atomic mass is 19.3. The SMILES string of the molecule is CC(C)Oc1cccc2c1nc(N)n2CC(F)F. The minimum absolute atomic E-state index is 0.0166. The van der Waals surface area contributed by atoms with Crippen LogP contribution in [0.15, 0.2) is 18.2 Å². The molecule has 0 aliphatic rings. The van der Waals surface area contributed by atoms with E-state index >= 15 is 0 Å². The van der Waals surface area contributed by atoms with Gasteiger partial charge in [-0.2, -0.15) is 0 Å². The first-order chi connectivity index (χ1) is 8.49. The molecule has 4 nitrogen and oxygen atoms in total. The average Bonchev–Trinajstić information content (AvgIpc) is 2.56. The zero-order chi connectivity index (χ0) is 13.3. The van der Waals surface area contributed by atoms with E-state index in [-0.39, 0.29) is 12.1 Å². The predicted octanol–water partition coefficient (Wildman–Crippen LogP) is 2.67. The Morgan fingerprint density at radius 3 is 2.72 bits per heavy atom. The minimum atomic E-state index is -2.47. The van der Waals surface area contributed by atoms with Crippen LogP contribution in [0, 0.1) is 0 Å². The standard InChI is InChI=1S/C12H15F2N3O/c1-7(2)18-9-5-3-4-8-11(9)16-12(15)17(8)6-10(13)14/h3-5,7,10H,6H2,1-2H3,(H2,15,16). The van der Waals surface area contributed by atoms with Gasteiger partial charge in [0.2, 0.25) is 5.95 Å². The summed E-state index contributed by atoms with van der Waals surface area (Å²) < 4.78 is 31.8. The lowest BCUT2D eigenvalue weighted by atomic mass is 10.3. The second-order valence-electron chi connectivity index (χ2n) is 4.26. The van der Waals surface area contributed by atoms with Gasteiger partial charge < -0.3 is 15.0 Å². The molecule has 0 fully saturated rings. The largest absolute Gasteiger partial charge is 0.489 e. The molecule has 0 saturated heterocycles. The Labute approximate surface area is 103 Å². The quantitative estimate of drug-likeness (QED) is 0.913. The minimum Gasteiger partial charge on any atom is -0.489 e. The number of hydrogen-bond acceptors (Lipinski definition) is 3. The van der Waals surface area contributed by atoms with Crippen LogP contribution in [-0.2, 0) is 6.54 Å². The number of nitrogens with zero attached hydrogens (tertiary/aromatic N) is 2. The monoisotopic (exact) mass is 255 g/mol. The van der Waals surface area contributed by atoms with Gasteiger partial charge in [-0.05, 0) is 26.0 Å². The molecule has 0 saturated carbocycles. The highest BCUT2D eigenvalue weighted by molar-refractivity contribution is 5.84. The molecule has 6 heteroatoms. The fourth-order valence-corrected chi connectivity index (χ4v) is 1.82. The molecule has 0 aliphatic carbocycles. The number of imidazole rings is 1. The summed E-state index contributed by atoms with van der Waals surface area (Å²) >= 11 is 0. The Bertz CT molecular complexity index is 551. The van der Waals surface area contributed by atoms with Gasteiger partial charge in [-0.25, -0.2) is 13.8 Å². The van der Waals surface area contributed by atoms with Crippen molar-refractivity contribution in [3.63, 3.8) is 0 Å². The van der Waals surface area contributed by atoms with Crippen molar-refractivity contribution in [1.29, 1.82) is 0 Å². The van der Waals surface area contributed by atoms with Gasteiger partial charge in [-0.1, -0.05) is 6.07 Å². The van der Waals surface area contributed by atoms with Gasteiger partial charge in [0, 0.05) is 0 Å². The number of anilines is 1. The number of rotatable bonds is 4. The first-order valence-electron chi connectivity index (χ1n) is 5.68. The molecule has 0 radical (unpaired) electrons. The Morgan fingerprint density at radius 2 is 2.11 bits per heavy atom. The first-order valence-corrected chi connectivity index (χ1v) is 5.68. The molecule has 2 aromatic rings. The summed E-state index contributed by atoms with van der Waals surface area (Å²) in [4.78, 5) is 4.10. The number of hydrogen-bond donors (Lipinski definition) is 1. The number of nitrogen functional groups attached to an aromatic ring is 1. The lowest BCUT2D eigenvalue weighted by molar-refractivity contribution is 0.128. The van der Waals surface area contributed by atoms with E-state index in [9.17, 15) is 8.78 Å². The van der Waals surface area contributed by atoms with Gasteiger partial charge >= 0.3 is 0 Å². The van der Waals surface area contributed by atoms with E-state index in [0.29, 0.717) is 16.8 Å². The number of alkyl halides is 2. The van der Waals surface area contributed by atoms with E-state index in [2.05, 4.69) is 4.98 Å². The normalized spacial score (nSPS) is 11.7. The highest BCUT2D eigenvalue weighted by Gasteiger charge is 2.15. The van der Waals surface area contributed by atoms with Crippen LogP contribution in [0.1, 0.15) is 13.8 Å². The smallest absolute Gasteiger partial charge is 0.256 e. The number of para-hydroxylation sites is 1. The fraction of sp³-hybridized carbons (Fsp3) is 0.417. The van der Waals surface area contributed by atoms with Gasteiger partial charge in [0.05, 0.1) is 18.2 Å². The number of ether oxygens (including phenoxy) is 1. The van der Waals surface area contributed by atoms with E-state index < -0.39 is 13.0 Å². The van der Waals surface area contributed by atoms with E-state index in [4.69, 9.17) is 10.5 Å². The van der Waals surface area contributed by atoms with E-state index in [1.165, 1.54) is 4.57 Å². The van der Waals surface area contributed by atoms with E-state index in [1.807, 2.05) is 13.8 Å². The molecule has 0 unspecified atom stereocenters. The Kier molecular flexibility index (Phi) is 3.36. The van der Waals surface area contributed by atoms with Crippen LogP contribution in [0.5, 0.6) is 5.75 Å². The molecule has 0 amide bonds. The summed E-state index contributed by atoms with van der Waals surface area (Å²) in [6.45, 7) is 3.31. The summed E-state index contributed by atoms with van der Waals surface area (Å²) in [5.41, 5.74) is 6.74. The van der Waals surface area contributed by atoms with E-state index in [1.54, 1.807) is 18.2 Å². The van der Waals surface area contributed by atoms with Crippen molar-refractivity contribution in [2.75, 3.05) is 5.73 Å². The molecule has 1 heterocycles. The molecule has 0 spiro atoms. The summed E-state index contributed by atoms with van der Waals surface area (Å²) in [6, 6.07) is 5.19. The van der Waals surface area contributed by atoms with Crippen molar-refractivity contribution in [1.82, 2.24) is 9.55 Å². The van der Waals surface area contributed by atoms with Crippen molar-refractivity contribution in [2.45, 2.75) is 32.9 Å². The fourth-order valence-electron chi connectivity index (χ4n) is 1.82. The summed E-state index contributed by atoms with van der Waals surface area (Å²) in [7, 11) is 0. The van der Waals surface area contributed by atoms with Crippen LogP contribution in [0.3, 0.4) is 0 Å². The predicted molar refractivity (Wildman–Crippen MR) is 65.9 cm³/mol. The molecule has 0 aliphatic heterocycles. The van der Waals surface area contributed by atoms with Gasteiger partial charge in [0.15, 0.2) is 0 Å². The first kappa shape index (κ1) is 12.6. The number of fused-ring (bicyclic) bond motifs is 1. The molecule has 98 valence electrons.